The standard InChI is InChI=1S/C10H7ClFNOS/c1-2-3-14-10-5-9(13-6-15)8(12)4-7(10)11/h2,4-5H,1,3H2. The zero-order valence-electron chi connectivity index (χ0n) is 7.67. The van der Waals surface area contributed by atoms with E-state index in [1.54, 1.807) is 6.08 Å². The predicted molar refractivity (Wildman–Crippen MR) is 61.8 cm³/mol. The van der Waals surface area contributed by atoms with Gasteiger partial charge in [-0.2, -0.15) is 4.99 Å². The van der Waals surface area contributed by atoms with Gasteiger partial charge < -0.3 is 4.74 Å². The number of benzene rings is 1. The van der Waals surface area contributed by atoms with Crippen LogP contribution in [0.1, 0.15) is 0 Å². The Kier molecular flexibility index (Phi) is 4.43. The molecule has 78 valence electrons. The number of thiocarbonyl (C=S) groups is 1. The Hall–Kier alpha value is -1.22. The summed E-state index contributed by atoms with van der Waals surface area (Å²) in [5.41, 5.74) is 0.0495. The van der Waals surface area contributed by atoms with Crippen molar-refractivity contribution < 1.29 is 9.13 Å². The molecule has 0 aliphatic heterocycles. The Bertz CT molecular complexity index is 430. The molecule has 0 fully saturated rings. The monoisotopic (exact) mass is 243 g/mol. The molecule has 0 spiro atoms. The fourth-order valence-corrected chi connectivity index (χ4v) is 1.22. The Balaban J connectivity index is 3.10. The summed E-state index contributed by atoms with van der Waals surface area (Å²) in [4.78, 5) is 3.54. The molecular formula is C10H7ClFNOS. The van der Waals surface area contributed by atoms with Gasteiger partial charge in [0.1, 0.15) is 18.0 Å². The summed E-state index contributed by atoms with van der Waals surface area (Å²) in [5.74, 6) is -0.231. The second-order valence-electron chi connectivity index (χ2n) is 2.54. The van der Waals surface area contributed by atoms with Crippen molar-refractivity contribution in [3.63, 3.8) is 0 Å². The van der Waals surface area contributed by atoms with Gasteiger partial charge in [0, 0.05) is 6.07 Å². The predicted octanol–water partition coefficient (Wildman–Crippen LogP) is 3.78. The van der Waals surface area contributed by atoms with E-state index in [9.17, 15) is 4.39 Å². The minimum atomic E-state index is -0.566. The first kappa shape index (κ1) is 11.9. The molecule has 1 aromatic carbocycles. The van der Waals surface area contributed by atoms with Gasteiger partial charge in [0.15, 0.2) is 5.82 Å². The average Bonchev–Trinajstić information content (AvgIpc) is 2.20. The molecule has 0 amide bonds. The van der Waals surface area contributed by atoms with Crippen LogP contribution >= 0.6 is 23.8 Å². The summed E-state index contributed by atoms with van der Waals surface area (Å²) in [5, 5.41) is 2.26. The molecule has 0 unspecified atom stereocenters. The Morgan fingerprint density at radius 1 is 1.67 bits per heavy atom. The molecular weight excluding hydrogens is 237 g/mol. The highest BCUT2D eigenvalue weighted by Gasteiger charge is 2.08. The molecule has 5 heteroatoms. The minimum Gasteiger partial charge on any atom is -0.488 e. The quantitative estimate of drug-likeness (QED) is 0.456. The van der Waals surface area contributed by atoms with Crippen molar-refractivity contribution in [3.05, 3.63) is 35.6 Å². The van der Waals surface area contributed by atoms with Crippen molar-refractivity contribution in [1.82, 2.24) is 0 Å². The largest absolute Gasteiger partial charge is 0.488 e. The molecule has 2 nitrogen and oxygen atoms in total. The van der Waals surface area contributed by atoms with Crippen LogP contribution in [0.25, 0.3) is 0 Å². The van der Waals surface area contributed by atoms with Crippen LogP contribution in [-0.4, -0.2) is 11.8 Å². The fraction of sp³-hybridized carbons (Fsp3) is 0.100. The number of nitrogens with zero attached hydrogens (tertiary/aromatic N) is 1. The van der Waals surface area contributed by atoms with Crippen LogP contribution in [0.5, 0.6) is 5.75 Å². The van der Waals surface area contributed by atoms with Gasteiger partial charge >= 0.3 is 0 Å². The van der Waals surface area contributed by atoms with E-state index in [1.165, 1.54) is 6.07 Å². The van der Waals surface area contributed by atoms with Crippen LogP contribution < -0.4 is 4.74 Å². The zero-order chi connectivity index (χ0) is 11.3. The fourth-order valence-electron chi connectivity index (χ4n) is 0.913. The van der Waals surface area contributed by atoms with E-state index in [4.69, 9.17) is 16.3 Å². The Labute approximate surface area is 97.0 Å². The van der Waals surface area contributed by atoms with Gasteiger partial charge in [0.25, 0.3) is 0 Å². The van der Waals surface area contributed by atoms with Crippen molar-refractivity contribution in [3.8, 4) is 5.75 Å². The van der Waals surface area contributed by atoms with E-state index in [-0.39, 0.29) is 17.3 Å². The SMILES string of the molecule is C=CCOc1cc(N=C=S)c(F)cc1Cl. The van der Waals surface area contributed by atoms with Gasteiger partial charge in [-0.1, -0.05) is 24.3 Å². The van der Waals surface area contributed by atoms with Gasteiger partial charge in [-0.05, 0) is 18.3 Å². The van der Waals surface area contributed by atoms with E-state index >= 15 is 0 Å². The molecule has 0 N–H and O–H groups in total. The highest BCUT2D eigenvalue weighted by atomic mass is 35.5. The maximum atomic E-state index is 13.2. The first-order valence-electron chi connectivity index (χ1n) is 3.99. The number of ether oxygens (including phenoxy) is 1. The second-order valence-corrected chi connectivity index (χ2v) is 3.13. The number of hydrogen-bond acceptors (Lipinski definition) is 3. The number of aliphatic imine (C=N–C) groups is 1. The maximum Gasteiger partial charge on any atom is 0.151 e. The highest BCUT2D eigenvalue weighted by Crippen LogP contribution is 2.31. The van der Waals surface area contributed by atoms with Crippen molar-refractivity contribution >= 4 is 34.7 Å². The third-order valence-electron chi connectivity index (χ3n) is 1.52. The Morgan fingerprint density at radius 3 is 3.00 bits per heavy atom. The van der Waals surface area contributed by atoms with Crippen molar-refractivity contribution in [1.29, 1.82) is 0 Å². The van der Waals surface area contributed by atoms with Crippen molar-refractivity contribution in [2.75, 3.05) is 6.61 Å². The molecule has 0 aromatic heterocycles. The second kappa shape index (κ2) is 5.61. The lowest BCUT2D eigenvalue weighted by Gasteiger charge is -2.06. The summed E-state index contributed by atoms with van der Waals surface area (Å²) < 4.78 is 18.4. The molecule has 0 heterocycles. The third kappa shape index (κ3) is 3.13. The number of isothiocyanates is 1. The van der Waals surface area contributed by atoms with Crippen LogP contribution in [0, 0.1) is 5.82 Å². The van der Waals surface area contributed by atoms with E-state index in [0.717, 1.165) is 6.07 Å². The average molecular weight is 244 g/mol. The van der Waals surface area contributed by atoms with E-state index in [0.29, 0.717) is 5.75 Å². The number of hydrogen-bond donors (Lipinski definition) is 0. The molecule has 0 radical (unpaired) electrons. The van der Waals surface area contributed by atoms with Gasteiger partial charge in [-0.3, -0.25) is 0 Å². The van der Waals surface area contributed by atoms with Gasteiger partial charge in [-0.25, -0.2) is 4.39 Å². The zero-order valence-corrected chi connectivity index (χ0v) is 9.24. The number of halogens is 2. The molecule has 0 bridgehead atoms. The van der Waals surface area contributed by atoms with E-state index in [2.05, 4.69) is 29.0 Å². The summed E-state index contributed by atoms with van der Waals surface area (Å²) in [7, 11) is 0. The van der Waals surface area contributed by atoms with Gasteiger partial charge in [0.2, 0.25) is 0 Å². The lowest BCUT2D eigenvalue weighted by molar-refractivity contribution is 0.363. The summed E-state index contributed by atoms with van der Waals surface area (Å²) >= 11 is 10.1. The molecule has 0 saturated carbocycles. The molecule has 1 rings (SSSR count). The van der Waals surface area contributed by atoms with Crippen molar-refractivity contribution in [2.45, 2.75) is 0 Å². The molecule has 0 saturated heterocycles. The first-order valence-corrected chi connectivity index (χ1v) is 4.78. The molecule has 0 atom stereocenters. The van der Waals surface area contributed by atoms with Gasteiger partial charge in [0.05, 0.1) is 10.2 Å². The first-order chi connectivity index (χ1) is 7.19. The van der Waals surface area contributed by atoms with E-state index in [1.807, 2.05) is 0 Å². The van der Waals surface area contributed by atoms with E-state index < -0.39 is 5.82 Å². The van der Waals surface area contributed by atoms with Gasteiger partial charge in [-0.15, -0.1) is 0 Å². The molecule has 15 heavy (non-hydrogen) atoms. The molecule has 0 aliphatic rings. The minimum absolute atomic E-state index is 0.0495. The lowest BCUT2D eigenvalue weighted by atomic mass is 10.3. The van der Waals surface area contributed by atoms with Crippen LogP contribution in [0.3, 0.4) is 0 Å². The summed E-state index contributed by atoms with van der Waals surface area (Å²) in [6.45, 7) is 3.77. The Morgan fingerprint density at radius 2 is 2.40 bits per heavy atom. The summed E-state index contributed by atoms with van der Waals surface area (Å²) in [6.07, 6.45) is 1.56. The molecule has 1 aromatic rings. The van der Waals surface area contributed by atoms with Crippen LogP contribution in [-0.2, 0) is 0 Å². The highest BCUT2D eigenvalue weighted by molar-refractivity contribution is 7.78. The maximum absolute atomic E-state index is 13.2. The topological polar surface area (TPSA) is 21.6 Å². The normalized spacial score (nSPS) is 9.20. The summed E-state index contributed by atoms with van der Waals surface area (Å²) in [6, 6.07) is 2.48. The van der Waals surface area contributed by atoms with Crippen LogP contribution in [0.15, 0.2) is 29.8 Å². The molecule has 0 aliphatic carbocycles. The third-order valence-corrected chi connectivity index (χ3v) is 1.91. The van der Waals surface area contributed by atoms with Crippen molar-refractivity contribution in [2.24, 2.45) is 4.99 Å². The smallest absolute Gasteiger partial charge is 0.151 e. The van der Waals surface area contributed by atoms with Crippen LogP contribution in [0.2, 0.25) is 5.02 Å². The van der Waals surface area contributed by atoms with Crippen LogP contribution in [0.4, 0.5) is 10.1 Å². The number of rotatable bonds is 4. The lowest BCUT2D eigenvalue weighted by Crippen LogP contribution is -1.94.